The number of H-pyrrole nitrogens is 1. The largest absolute Gasteiger partial charge is 0.454 e. The Balaban J connectivity index is 1.33. The lowest BCUT2D eigenvalue weighted by Crippen LogP contribution is -2.42. The summed E-state index contributed by atoms with van der Waals surface area (Å²) >= 11 is 5.84. The molecule has 9 heteroatoms. The number of rotatable bonds is 8. The summed E-state index contributed by atoms with van der Waals surface area (Å²) < 4.78 is 16.5. The normalized spacial score (nSPS) is 15.2. The smallest absolute Gasteiger partial charge is 0.253 e. The van der Waals surface area contributed by atoms with Crippen LogP contribution in [-0.4, -0.2) is 66.1 Å². The molecule has 0 spiro atoms. The Kier molecular flexibility index (Phi) is 7.93. The van der Waals surface area contributed by atoms with Gasteiger partial charge in [-0.25, -0.2) is 0 Å². The Hall–Kier alpha value is -3.14. The predicted molar refractivity (Wildman–Crippen MR) is 148 cm³/mol. The number of benzene rings is 2. The van der Waals surface area contributed by atoms with E-state index in [2.05, 4.69) is 28.2 Å². The molecule has 5 rings (SSSR count). The number of hydrogen-bond acceptors (Lipinski definition) is 6. The molecule has 2 aliphatic rings. The Morgan fingerprint density at radius 3 is 2.68 bits per heavy atom. The van der Waals surface area contributed by atoms with E-state index in [0.717, 1.165) is 84.9 Å². The number of ether oxygens (including phenoxy) is 3. The zero-order valence-electron chi connectivity index (χ0n) is 21.5. The molecule has 2 aromatic carbocycles. The number of aromatic amines is 1. The highest BCUT2D eigenvalue weighted by Crippen LogP contribution is 2.33. The molecule has 0 saturated carbocycles. The van der Waals surface area contributed by atoms with E-state index in [1.54, 1.807) is 0 Å². The Labute approximate surface area is 222 Å². The summed E-state index contributed by atoms with van der Waals surface area (Å²) in [6.07, 6.45) is 0.979. The lowest BCUT2D eigenvalue weighted by atomic mass is 10.0. The van der Waals surface area contributed by atoms with Gasteiger partial charge in [0.15, 0.2) is 16.6 Å². The van der Waals surface area contributed by atoms with Crippen molar-refractivity contribution < 1.29 is 14.2 Å². The van der Waals surface area contributed by atoms with Gasteiger partial charge in [-0.1, -0.05) is 18.2 Å². The number of hydrogen-bond donors (Lipinski definition) is 2. The molecule has 8 nitrogen and oxygen atoms in total. The fourth-order valence-electron chi connectivity index (χ4n) is 4.84. The predicted octanol–water partition coefficient (Wildman–Crippen LogP) is 3.47. The average Bonchev–Trinajstić information content (AvgIpc) is 3.38. The van der Waals surface area contributed by atoms with Gasteiger partial charge >= 0.3 is 0 Å². The molecule has 0 atom stereocenters. The molecular formula is C28H34N4O4S. The van der Waals surface area contributed by atoms with Crippen molar-refractivity contribution in [3.63, 3.8) is 0 Å². The van der Waals surface area contributed by atoms with Gasteiger partial charge in [0.05, 0.1) is 25.3 Å². The number of nitrogens with zero attached hydrogens (tertiary/aromatic N) is 2. The lowest BCUT2D eigenvalue weighted by molar-refractivity contribution is 0.0376. The minimum absolute atomic E-state index is 0.0907. The zero-order valence-corrected chi connectivity index (χ0v) is 22.3. The Bertz CT molecular complexity index is 1340. The molecule has 0 bridgehead atoms. The molecule has 1 saturated heterocycles. The van der Waals surface area contributed by atoms with Crippen molar-refractivity contribution in [1.29, 1.82) is 0 Å². The molecule has 1 fully saturated rings. The molecule has 0 aliphatic carbocycles. The molecule has 3 aromatic rings. The van der Waals surface area contributed by atoms with Gasteiger partial charge in [0.25, 0.3) is 5.56 Å². The summed E-state index contributed by atoms with van der Waals surface area (Å²) in [7, 11) is 0. The third kappa shape index (κ3) is 6.06. The Morgan fingerprint density at radius 1 is 1.05 bits per heavy atom. The standard InChI is InChI=1S/C28H34N4O4S/c1-19-4-5-20(2)26-23(19)15-22(27(33)30-26)17-32(16-21-6-7-24-25(14-21)36-18-35-24)28(37)29-8-3-9-31-10-12-34-13-11-31/h4-7,14-15H,3,8-13,16-18H2,1-2H3,(H,29,37)(H,30,33). The number of thiocarbonyl (C=S) groups is 1. The van der Waals surface area contributed by atoms with Crippen LogP contribution in [0, 0.1) is 13.8 Å². The van der Waals surface area contributed by atoms with E-state index >= 15 is 0 Å². The third-order valence-electron chi connectivity index (χ3n) is 7.01. The SMILES string of the molecule is Cc1ccc(C)c2[nH]c(=O)c(CN(Cc3ccc4c(c3)OCO4)C(=S)NCCCN3CCOCC3)cc12. The van der Waals surface area contributed by atoms with Crippen molar-refractivity contribution in [1.82, 2.24) is 20.1 Å². The zero-order chi connectivity index (χ0) is 25.8. The minimum atomic E-state index is -0.0907. The molecule has 0 unspecified atom stereocenters. The first kappa shape index (κ1) is 25.5. The second kappa shape index (κ2) is 11.5. The number of aromatic nitrogens is 1. The summed E-state index contributed by atoms with van der Waals surface area (Å²) in [5.74, 6) is 1.48. The average molecular weight is 523 g/mol. The third-order valence-corrected chi connectivity index (χ3v) is 7.41. The van der Waals surface area contributed by atoms with Crippen LogP contribution in [-0.2, 0) is 17.8 Å². The van der Waals surface area contributed by atoms with Gasteiger partial charge in [0.2, 0.25) is 6.79 Å². The molecular weight excluding hydrogens is 488 g/mol. The van der Waals surface area contributed by atoms with E-state index in [1.807, 2.05) is 42.2 Å². The fourth-order valence-corrected chi connectivity index (χ4v) is 5.07. The van der Waals surface area contributed by atoms with Crippen LogP contribution >= 0.6 is 12.2 Å². The second-order valence-electron chi connectivity index (χ2n) is 9.69. The fraction of sp³-hybridized carbons (Fsp3) is 0.429. The van der Waals surface area contributed by atoms with Crippen molar-refractivity contribution in [2.75, 3.05) is 46.2 Å². The van der Waals surface area contributed by atoms with Crippen LogP contribution in [0.4, 0.5) is 0 Å². The van der Waals surface area contributed by atoms with Crippen LogP contribution in [0.2, 0.25) is 0 Å². The molecule has 196 valence electrons. The molecule has 1 aromatic heterocycles. The number of fused-ring (bicyclic) bond motifs is 2. The summed E-state index contributed by atoms with van der Waals surface area (Å²) in [5, 5.41) is 5.11. The topological polar surface area (TPSA) is 79.1 Å². The van der Waals surface area contributed by atoms with E-state index in [4.69, 9.17) is 26.4 Å². The highest BCUT2D eigenvalue weighted by Gasteiger charge is 2.18. The van der Waals surface area contributed by atoms with Gasteiger partial charge in [-0.15, -0.1) is 0 Å². The maximum absolute atomic E-state index is 13.1. The summed E-state index contributed by atoms with van der Waals surface area (Å²) in [5.41, 5.74) is 4.69. The summed E-state index contributed by atoms with van der Waals surface area (Å²) in [6.45, 7) is 10.6. The minimum Gasteiger partial charge on any atom is -0.454 e. The molecule has 0 radical (unpaired) electrons. The van der Waals surface area contributed by atoms with Gasteiger partial charge in [0, 0.05) is 37.1 Å². The number of pyridine rings is 1. The maximum Gasteiger partial charge on any atom is 0.253 e. The van der Waals surface area contributed by atoms with Crippen molar-refractivity contribution in [2.24, 2.45) is 0 Å². The Morgan fingerprint density at radius 2 is 1.84 bits per heavy atom. The van der Waals surface area contributed by atoms with Gasteiger partial charge in [0.1, 0.15) is 0 Å². The molecule has 37 heavy (non-hydrogen) atoms. The highest BCUT2D eigenvalue weighted by atomic mass is 32.1. The van der Waals surface area contributed by atoms with E-state index in [0.29, 0.717) is 23.8 Å². The van der Waals surface area contributed by atoms with Gasteiger partial charge in [-0.05, 0) is 73.9 Å². The van der Waals surface area contributed by atoms with Gasteiger partial charge in [-0.2, -0.15) is 0 Å². The summed E-state index contributed by atoms with van der Waals surface area (Å²) in [6, 6.07) is 12.0. The monoisotopic (exact) mass is 522 g/mol. The summed E-state index contributed by atoms with van der Waals surface area (Å²) in [4.78, 5) is 20.7. The van der Waals surface area contributed by atoms with Crippen LogP contribution in [0.3, 0.4) is 0 Å². The van der Waals surface area contributed by atoms with Crippen molar-refractivity contribution >= 4 is 28.2 Å². The van der Waals surface area contributed by atoms with E-state index in [9.17, 15) is 4.79 Å². The van der Waals surface area contributed by atoms with Crippen LogP contribution in [0.15, 0.2) is 41.2 Å². The van der Waals surface area contributed by atoms with Gasteiger partial charge in [-0.3, -0.25) is 9.69 Å². The maximum atomic E-state index is 13.1. The van der Waals surface area contributed by atoms with E-state index in [1.165, 1.54) is 0 Å². The highest BCUT2D eigenvalue weighted by molar-refractivity contribution is 7.80. The van der Waals surface area contributed by atoms with Crippen LogP contribution < -0.4 is 20.3 Å². The van der Waals surface area contributed by atoms with Crippen molar-refractivity contribution in [2.45, 2.75) is 33.4 Å². The van der Waals surface area contributed by atoms with Crippen LogP contribution in [0.5, 0.6) is 11.5 Å². The first-order valence-electron chi connectivity index (χ1n) is 12.8. The molecule has 2 N–H and O–H groups in total. The second-order valence-corrected chi connectivity index (χ2v) is 10.1. The number of morpholine rings is 1. The first-order valence-corrected chi connectivity index (χ1v) is 13.2. The van der Waals surface area contributed by atoms with Crippen molar-refractivity contribution in [3.05, 3.63) is 69.0 Å². The van der Waals surface area contributed by atoms with Gasteiger partial charge < -0.3 is 29.4 Å². The lowest BCUT2D eigenvalue weighted by Gasteiger charge is -2.28. The molecule has 3 heterocycles. The number of nitrogens with one attached hydrogen (secondary N) is 2. The van der Waals surface area contributed by atoms with Crippen molar-refractivity contribution in [3.8, 4) is 11.5 Å². The molecule has 0 amide bonds. The molecule has 2 aliphatic heterocycles. The van der Waals surface area contributed by atoms with E-state index in [-0.39, 0.29) is 12.4 Å². The first-order chi connectivity index (χ1) is 18.0. The van der Waals surface area contributed by atoms with E-state index < -0.39 is 0 Å². The number of aryl methyl sites for hydroxylation is 2. The quantitative estimate of drug-likeness (QED) is 0.344. The van der Waals surface area contributed by atoms with Crippen LogP contribution in [0.25, 0.3) is 10.9 Å². The van der Waals surface area contributed by atoms with Crippen LogP contribution in [0.1, 0.15) is 28.7 Å².